The minimum absolute atomic E-state index is 0.0979. The molecule has 0 radical (unpaired) electrons. The summed E-state index contributed by atoms with van der Waals surface area (Å²) in [4.78, 5) is 17.8. The number of hydrogen-bond acceptors (Lipinski definition) is 4. The zero-order chi connectivity index (χ0) is 16.9. The van der Waals surface area contributed by atoms with Crippen molar-refractivity contribution in [2.75, 3.05) is 12.4 Å². The molecule has 0 fully saturated rings. The molecule has 0 saturated heterocycles. The minimum atomic E-state index is -0.0979. The van der Waals surface area contributed by atoms with Gasteiger partial charge in [0.05, 0.1) is 23.2 Å². The summed E-state index contributed by atoms with van der Waals surface area (Å²) in [5, 5.41) is 1.22. The lowest BCUT2D eigenvalue weighted by molar-refractivity contribution is 0.338. The van der Waals surface area contributed by atoms with Gasteiger partial charge in [0.25, 0.3) is 5.56 Å². The number of hydrogen-bond donors (Lipinski definition) is 0. The van der Waals surface area contributed by atoms with E-state index in [1.807, 2.05) is 49.4 Å². The van der Waals surface area contributed by atoms with Gasteiger partial charge in [-0.1, -0.05) is 42.1 Å². The molecule has 0 spiro atoms. The third kappa shape index (κ3) is 3.08. The Morgan fingerprint density at radius 1 is 1.21 bits per heavy atom. The molecule has 122 valence electrons. The lowest BCUT2D eigenvalue weighted by Crippen LogP contribution is -2.22. The average molecular weight is 338 g/mol. The van der Waals surface area contributed by atoms with Gasteiger partial charge in [-0.3, -0.25) is 9.36 Å². The summed E-state index contributed by atoms with van der Waals surface area (Å²) in [6, 6.07) is 14.9. The van der Waals surface area contributed by atoms with E-state index < -0.39 is 0 Å². The molecule has 4 nitrogen and oxygen atoms in total. The van der Waals surface area contributed by atoms with Crippen molar-refractivity contribution in [2.24, 2.45) is 0 Å². The summed E-state index contributed by atoms with van der Waals surface area (Å²) in [5.74, 6) is 1.33. The van der Waals surface area contributed by atoms with Crippen LogP contribution in [-0.2, 0) is 0 Å². The largest absolute Gasteiger partial charge is 0.492 e. The van der Waals surface area contributed by atoms with Crippen LogP contribution in [0.2, 0.25) is 0 Å². The molecule has 0 bridgehead atoms. The highest BCUT2D eigenvalue weighted by Crippen LogP contribution is 2.27. The maximum Gasteiger partial charge on any atom is 0.266 e. The van der Waals surface area contributed by atoms with Crippen LogP contribution in [0, 0.1) is 0 Å². The Balaban J connectivity index is 2.31. The first-order chi connectivity index (χ1) is 11.8. The Bertz CT molecular complexity index is 934. The maximum absolute atomic E-state index is 13.1. The lowest BCUT2D eigenvalue weighted by atomic mass is 10.2. The van der Waals surface area contributed by atoms with Crippen LogP contribution in [0.3, 0.4) is 0 Å². The number of ether oxygens (including phenoxy) is 1. The molecule has 0 amide bonds. The smallest absolute Gasteiger partial charge is 0.266 e. The summed E-state index contributed by atoms with van der Waals surface area (Å²) in [6.45, 7) is 6.20. The van der Waals surface area contributed by atoms with Gasteiger partial charge in [0.2, 0.25) is 0 Å². The van der Waals surface area contributed by atoms with Crippen molar-refractivity contribution in [3.05, 3.63) is 71.5 Å². The zero-order valence-electron chi connectivity index (χ0n) is 13.4. The molecule has 2 aromatic carbocycles. The molecule has 0 aliphatic carbocycles. The Hall–Kier alpha value is -2.53. The van der Waals surface area contributed by atoms with Gasteiger partial charge in [0.1, 0.15) is 5.75 Å². The van der Waals surface area contributed by atoms with E-state index in [1.165, 1.54) is 11.8 Å². The van der Waals surface area contributed by atoms with Gasteiger partial charge in [-0.15, -0.1) is 6.58 Å². The zero-order valence-corrected chi connectivity index (χ0v) is 14.3. The number of aromatic nitrogens is 2. The van der Waals surface area contributed by atoms with Gasteiger partial charge in [-0.2, -0.15) is 0 Å². The second-order valence-electron chi connectivity index (χ2n) is 5.05. The van der Waals surface area contributed by atoms with Crippen molar-refractivity contribution in [3.8, 4) is 11.4 Å². The highest BCUT2D eigenvalue weighted by atomic mass is 32.2. The normalized spacial score (nSPS) is 10.7. The van der Waals surface area contributed by atoms with Crippen LogP contribution in [-0.4, -0.2) is 21.9 Å². The summed E-state index contributed by atoms with van der Waals surface area (Å²) in [5.41, 5.74) is 1.30. The van der Waals surface area contributed by atoms with Crippen molar-refractivity contribution >= 4 is 22.7 Å². The van der Waals surface area contributed by atoms with Gasteiger partial charge >= 0.3 is 0 Å². The molecule has 1 aromatic heterocycles. The lowest BCUT2D eigenvalue weighted by Gasteiger charge is -2.16. The standard InChI is InChI=1S/C19H18N2O2S/c1-3-13-24-19-20-15-10-6-5-9-14(15)18(22)21(19)16-11-7-8-12-17(16)23-4-2/h3,5-12H,1,4,13H2,2H3. The maximum atomic E-state index is 13.1. The van der Waals surface area contributed by atoms with E-state index in [2.05, 4.69) is 11.6 Å². The van der Waals surface area contributed by atoms with Crippen LogP contribution in [0.1, 0.15) is 6.92 Å². The van der Waals surface area contributed by atoms with Gasteiger partial charge in [0.15, 0.2) is 5.16 Å². The summed E-state index contributed by atoms with van der Waals surface area (Å²) in [6.07, 6.45) is 1.80. The van der Waals surface area contributed by atoms with E-state index in [0.29, 0.717) is 39.9 Å². The fourth-order valence-corrected chi connectivity index (χ4v) is 3.21. The van der Waals surface area contributed by atoms with Crippen LogP contribution in [0.4, 0.5) is 0 Å². The molecular weight excluding hydrogens is 320 g/mol. The number of fused-ring (bicyclic) bond motifs is 1. The second kappa shape index (κ2) is 7.36. The topological polar surface area (TPSA) is 44.1 Å². The van der Waals surface area contributed by atoms with Gasteiger partial charge < -0.3 is 4.74 Å². The first-order valence-electron chi connectivity index (χ1n) is 7.74. The molecule has 3 rings (SSSR count). The molecule has 1 heterocycles. The van der Waals surface area contributed by atoms with Crippen LogP contribution in [0.5, 0.6) is 5.75 Å². The highest BCUT2D eigenvalue weighted by molar-refractivity contribution is 7.99. The van der Waals surface area contributed by atoms with Crippen molar-refractivity contribution in [1.82, 2.24) is 9.55 Å². The monoisotopic (exact) mass is 338 g/mol. The molecule has 0 aliphatic rings. The van der Waals surface area contributed by atoms with Crippen molar-refractivity contribution in [3.63, 3.8) is 0 Å². The second-order valence-corrected chi connectivity index (χ2v) is 6.04. The molecule has 0 N–H and O–H groups in total. The third-order valence-electron chi connectivity index (χ3n) is 3.48. The molecule has 0 unspecified atom stereocenters. The Morgan fingerprint density at radius 2 is 1.96 bits per heavy atom. The van der Waals surface area contributed by atoms with Crippen molar-refractivity contribution in [1.29, 1.82) is 0 Å². The van der Waals surface area contributed by atoms with Gasteiger partial charge in [0, 0.05) is 5.75 Å². The van der Waals surface area contributed by atoms with Crippen molar-refractivity contribution in [2.45, 2.75) is 12.1 Å². The molecule has 24 heavy (non-hydrogen) atoms. The van der Waals surface area contributed by atoms with Gasteiger partial charge in [-0.25, -0.2) is 4.98 Å². The van der Waals surface area contributed by atoms with Crippen LogP contribution in [0.25, 0.3) is 16.6 Å². The van der Waals surface area contributed by atoms with E-state index in [1.54, 1.807) is 16.7 Å². The number of benzene rings is 2. The van der Waals surface area contributed by atoms with E-state index in [0.717, 1.165) is 0 Å². The fourth-order valence-electron chi connectivity index (χ4n) is 2.47. The summed E-state index contributed by atoms with van der Waals surface area (Å²) in [7, 11) is 0. The SMILES string of the molecule is C=CCSc1nc2ccccc2c(=O)n1-c1ccccc1OCC. The predicted octanol–water partition coefficient (Wildman–Crippen LogP) is 4.06. The quantitative estimate of drug-likeness (QED) is 0.386. The van der Waals surface area contributed by atoms with E-state index >= 15 is 0 Å². The molecule has 0 saturated carbocycles. The van der Waals surface area contributed by atoms with E-state index in [9.17, 15) is 4.79 Å². The summed E-state index contributed by atoms with van der Waals surface area (Å²) >= 11 is 1.48. The van der Waals surface area contributed by atoms with E-state index in [4.69, 9.17) is 4.74 Å². The van der Waals surface area contributed by atoms with Crippen LogP contribution >= 0.6 is 11.8 Å². The Labute approximate surface area is 144 Å². The molecular formula is C19H18N2O2S. The minimum Gasteiger partial charge on any atom is -0.492 e. The average Bonchev–Trinajstić information content (AvgIpc) is 2.61. The molecule has 3 aromatic rings. The molecule has 5 heteroatoms. The number of nitrogens with zero attached hydrogens (tertiary/aromatic N) is 2. The van der Waals surface area contributed by atoms with E-state index in [-0.39, 0.29) is 5.56 Å². The van der Waals surface area contributed by atoms with Crippen LogP contribution < -0.4 is 10.3 Å². The number of para-hydroxylation sites is 3. The fraction of sp³-hybridized carbons (Fsp3) is 0.158. The summed E-state index contributed by atoms with van der Waals surface area (Å²) < 4.78 is 7.33. The molecule has 0 atom stereocenters. The Kier molecular flexibility index (Phi) is 5.01. The van der Waals surface area contributed by atoms with Gasteiger partial charge in [-0.05, 0) is 31.2 Å². The first kappa shape index (κ1) is 16.3. The first-order valence-corrected chi connectivity index (χ1v) is 8.72. The van der Waals surface area contributed by atoms with Crippen molar-refractivity contribution < 1.29 is 4.74 Å². The Morgan fingerprint density at radius 3 is 2.75 bits per heavy atom. The number of thioether (sulfide) groups is 1. The third-order valence-corrected chi connectivity index (χ3v) is 4.42. The van der Waals surface area contributed by atoms with Crippen LogP contribution in [0.15, 0.2) is 71.1 Å². The molecule has 0 aliphatic heterocycles. The highest BCUT2D eigenvalue weighted by Gasteiger charge is 2.15. The number of rotatable bonds is 6. The predicted molar refractivity (Wildman–Crippen MR) is 99.4 cm³/mol.